The van der Waals surface area contributed by atoms with E-state index in [9.17, 15) is 14.9 Å². The Labute approximate surface area is 217 Å². The summed E-state index contributed by atoms with van der Waals surface area (Å²) in [6, 6.07) is 2.14. The summed E-state index contributed by atoms with van der Waals surface area (Å²) in [6.45, 7) is 9.57. The molecule has 35 heavy (non-hydrogen) atoms. The predicted octanol–water partition coefficient (Wildman–Crippen LogP) is 4.45. The van der Waals surface area contributed by atoms with Crippen molar-refractivity contribution >= 4 is 46.1 Å². The SMILES string of the molecule is CCCCn1c(N2CCCC(C)C2)c(/C=C2\SC(=S)N(CC3CCCO3)C2=O)c(C)c(C#N)c1=O. The summed E-state index contributed by atoms with van der Waals surface area (Å²) in [7, 11) is 0. The Morgan fingerprint density at radius 3 is 2.74 bits per heavy atom. The van der Waals surface area contributed by atoms with E-state index in [-0.39, 0.29) is 23.1 Å². The molecule has 188 valence electrons. The molecule has 0 radical (unpaired) electrons. The lowest BCUT2D eigenvalue weighted by molar-refractivity contribution is -0.123. The van der Waals surface area contributed by atoms with Crippen LogP contribution in [-0.4, -0.2) is 52.0 Å². The lowest BCUT2D eigenvalue weighted by atomic mass is 9.98. The maximum Gasteiger partial charge on any atom is 0.270 e. The molecule has 9 heteroatoms. The Bertz CT molecular complexity index is 1130. The number of ether oxygens (including phenoxy) is 1. The Balaban J connectivity index is 1.81. The molecule has 1 amide bonds. The monoisotopic (exact) mass is 514 g/mol. The Morgan fingerprint density at radius 1 is 1.29 bits per heavy atom. The number of anilines is 1. The number of thiocarbonyl (C=S) groups is 1. The van der Waals surface area contributed by atoms with Gasteiger partial charge in [-0.25, -0.2) is 0 Å². The van der Waals surface area contributed by atoms with E-state index in [0.717, 1.165) is 69.6 Å². The van der Waals surface area contributed by atoms with Gasteiger partial charge in [-0.3, -0.25) is 19.1 Å². The second-order valence-corrected chi connectivity index (χ2v) is 11.5. The first-order chi connectivity index (χ1) is 16.8. The van der Waals surface area contributed by atoms with Gasteiger partial charge in [0.2, 0.25) is 0 Å². The molecule has 1 aromatic rings. The summed E-state index contributed by atoms with van der Waals surface area (Å²) < 4.78 is 8.03. The van der Waals surface area contributed by atoms with Crippen LogP contribution in [0, 0.1) is 24.2 Å². The summed E-state index contributed by atoms with van der Waals surface area (Å²) in [4.78, 5) is 31.2. The molecule has 0 aromatic carbocycles. The number of thioether (sulfide) groups is 1. The van der Waals surface area contributed by atoms with Crippen LogP contribution in [0.25, 0.3) is 6.08 Å². The van der Waals surface area contributed by atoms with Crippen molar-refractivity contribution in [3.05, 3.63) is 31.9 Å². The molecule has 3 saturated heterocycles. The van der Waals surface area contributed by atoms with Crippen molar-refractivity contribution in [2.24, 2.45) is 5.92 Å². The fraction of sp³-hybridized carbons (Fsp3) is 0.615. The van der Waals surface area contributed by atoms with Gasteiger partial charge in [-0.2, -0.15) is 5.26 Å². The highest BCUT2D eigenvalue weighted by Gasteiger charge is 2.35. The highest BCUT2D eigenvalue weighted by atomic mass is 32.2. The number of unbranched alkanes of at least 4 members (excludes halogenated alkanes) is 1. The normalized spacial score (nSPS) is 24.0. The molecule has 0 spiro atoms. The number of carbonyl (C=O) groups excluding carboxylic acids is 1. The minimum Gasteiger partial charge on any atom is -0.376 e. The molecule has 0 bridgehead atoms. The number of aromatic nitrogens is 1. The third kappa shape index (κ3) is 5.35. The number of nitriles is 1. The van der Waals surface area contributed by atoms with E-state index in [1.807, 2.05) is 13.0 Å². The molecule has 2 atom stereocenters. The lowest BCUT2D eigenvalue weighted by Crippen LogP contribution is -2.40. The van der Waals surface area contributed by atoms with Gasteiger partial charge in [-0.05, 0) is 56.6 Å². The van der Waals surface area contributed by atoms with Crippen molar-refractivity contribution in [2.75, 3.05) is 31.1 Å². The maximum atomic E-state index is 13.4. The van der Waals surface area contributed by atoms with E-state index in [2.05, 4.69) is 24.8 Å². The molecule has 7 nitrogen and oxygen atoms in total. The lowest BCUT2D eigenvalue weighted by Gasteiger charge is -2.36. The minimum absolute atomic E-state index is 0.0186. The first-order valence-electron chi connectivity index (χ1n) is 12.6. The number of rotatable bonds is 7. The number of hydrogen-bond acceptors (Lipinski definition) is 7. The Hall–Kier alpha value is -2.15. The molecular weight excluding hydrogens is 480 g/mol. The highest BCUT2D eigenvalue weighted by molar-refractivity contribution is 8.26. The number of piperidine rings is 1. The minimum atomic E-state index is -0.241. The zero-order chi connectivity index (χ0) is 25.1. The van der Waals surface area contributed by atoms with E-state index >= 15 is 0 Å². The fourth-order valence-electron chi connectivity index (χ4n) is 5.17. The largest absolute Gasteiger partial charge is 0.376 e. The molecule has 4 heterocycles. The Kier molecular flexibility index (Phi) is 8.35. The topological polar surface area (TPSA) is 78.6 Å². The van der Waals surface area contributed by atoms with E-state index in [1.165, 1.54) is 11.8 Å². The molecule has 3 aliphatic heterocycles. The van der Waals surface area contributed by atoms with E-state index < -0.39 is 0 Å². The second kappa shape index (κ2) is 11.3. The smallest absolute Gasteiger partial charge is 0.270 e. The number of amides is 1. The van der Waals surface area contributed by atoms with Gasteiger partial charge in [0, 0.05) is 31.8 Å². The van der Waals surface area contributed by atoms with Gasteiger partial charge in [-0.1, -0.05) is 44.2 Å². The van der Waals surface area contributed by atoms with Crippen LogP contribution in [0.4, 0.5) is 5.82 Å². The van der Waals surface area contributed by atoms with Crippen molar-refractivity contribution in [1.82, 2.24) is 9.47 Å². The van der Waals surface area contributed by atoms with Crippen molar-refractivity contribution in [3.8, 4) is 6.07 Å². The number of carbonyl (C=O) groups is 1. The molecule has 3 aliphatic rings. The van der Waals surface area contributed by atoms with Crippen LogP contribution in [0.5, 0.6) is 0 Å². The standard InChI is InChI=1S/C26H34N4O3S2/c1-4-5-11-29-23(28-10-6-8-17(2)15-28)20(18(3)21(14-27)24(29)31)13-22-25(32)30(26(34)35-22)16-19-9-7-12-33-19/h13,17,19H,4-12,15-16H2,1-3H3/b22-13-. The average Bonchev–Trinajstić information content (AvgIpc) is 3.44. The summed E-state index contributed by atoms with van der Waals surface area (Å²) in [5.74, 6) is 1.21. The molecule has 0 N–H and O–H groups in total. The van der Waals surface area contributed by atoms with Crippen molar-refractivity contribution in [3.63, 3.8) is 0 Å². The number of nitrogens with zero attached hydrogens (tertiary/aromatic N) is 4. The Morgan fingerprint density at radius 2 is 2.09 bits per heavy atom. The van der Waals surface area contributed by atoms with Crippen LogP contribution in [-0.2, 0) is 16.1 Å². The van der Waals surface area contributed by atoms with Crippen LogP contribution in [0.1, 0.15) is 69.1 Å². The predicted molar refractivity (Wildman–Crippen MR) is 145 cm³/mol. The first-order valence-corrected chi connectivity index (χ1v) is 13.9. The molecule has 0 aliphatic carbocycles. The third-order valence-electron chi connectivity index (χ3n) is 7.10. The van der Waals surface area contributed by atoms with Gasteiger partial charge < -0.3 is 9.64 Å². The van der Waals surface area contributed by atoms with Gasteiger partial charge in [0.05, 0.1) is 17.6 Å². The second-order valence-electron chi connectivity index (χ2n) is 9.78. The van der Waals surface area contributed by atoms with E-state index in [0.29, 0.717) is 33.8 Å². The zero-order valence-electron chi connectivity index (χ0n) is 20.8. The van der Waals surface area contributed by atoms with Crippen molar-refractivity contribution in [2.45, 2.75) is 71.9 Å². The van der Waals surface area contributed by atoms with Crippen LogP contribution in [0.15, 0.2) is 9.70 Å². The van der Waals surface area contributed by atoms with Crippen LogP contribution in [0.2, 0.25) is 0 Å². The van der Waals surface area contributed by atoms with E-state index in [1.54, 1.807) is 9.47 Å². The van der Waals surface area contributed by atoms with Crippen LogP contribution < -0.4 is 10.5 Å². The maximum absolute atomic E-state index is 13.4. The van der Waals surface area contributed by atoms with Crippen LogP contribution >= 0.6 is 24.0 Å². The molecule has 4 rings (SSSR count). The summed E-state index contributed by atoms with van der Waals surface area (Å²) in [6.07, 6.45) is 7.80. The van der Waals surface area contributed by atoms with Gasteiger partial charge in [-0.15, -0.1) is 0 Å². The van der Waals surface area contributed by atoms with Crippen molar-refractivity contribution in [1.29, 1.82) is 5.26 Å². The van der Waals surface area contributed by atoms with Gasteiger partial charge in [0.1, 0.15) is 21.8 Å². The van der Waals surface area contributed by atoms with Crippen LogP contribution in [0.3, 0.4) is 0 Å². The average molecular weight is 515 g/mol. The number of pyridine rings is 1. The highest BCUT2D eigenvalue weighted by Crippen LogP contribution is 2.37. The zero-order valence-corrected chi connectivity index (χ0v) is 22.5. The summed E-state index contributed by atoms with van der Waals surface area (Å²) >= 11 is 6.85. The van der Waals surface area contributed by atoms with Gasteiger partial charge in [0.25, 0.3) is 11.5 Å². The quantitative estimate of drug-likeness (QED) is 0.393. The van der Waals surface area contributed by atoms with Gasteiger partial charge in [0.15, 0.2) is 0 Å². The molecule has 1 aromatic heterocycles. The fourth-order valence-corrected chi connectivity index (χ4v) is 6.43. The third-order valence-corrected chi connectivity index (χ3v) is 8.48. The molecular formula is C26H34N4O3S2. The molecule has 2 unspecified atom stereocenters. The van der Waals surface area contributed by atoms with Crippen molar-refractivity contribution < 1.29 is 9.53 Å². The molecule has 0 saturated carbocycles. The number of hydrogen-bond donors (Lipinski definition) is 0. The molecule has 3 fully saturated rings. The van der Waals surface area contributed by atoms with Gasteiger partial charge >= 0.3 is 0 Å². The summed E-state index contributed by atoms with van der Waals surface area (Å²) in [5.41, 5.74) is 1.32. The summed E-state index contributed by atoms with van der Waals surface area (Å²) in [5, 5.41) is 9.86. The first kappa shape index (κ1) is 25.9. The van der Waals surface area contributed by atoms with E-state index in [4.69, 9.17) is 17.0 Å².